The second-order valence-corrected chi connectivity index (χ2v) is 5.79. The second-order valence-electron chi connectivity index (χ2n) is 5.35. The Morgan fingerprint density at radius 1 is 1.43 bits per heavy atom. The fourth-order valence-corrected chi connectivity index (χ4v) is 3.09. The fraction of sp³-hybridized carbons (Fsp3) is 0.250. The Morgan fingerprint density at radius 2 is 2.29 bits per heavy atom. The quantitative estimate of drug-likeness (QED) is 0.748. The summed E-state index contributed by atoms with van der Waals surface area (Å²) >= 11 is 6.15. The number of anilines is 1. The average molecular weight is 301 g/mol. The summed E-state index contributed by atoms with van der Waals surface area (Å²) < 4.78 is 5.85. The Morgan fingerprint density at radius 3 is 3.10 bits per heavy atom. The summed E-state index contributed by atoms with van der Waals surface area (Å²) in [5.41, 5.74) is 1.91. The SMILES string of the molecule is CN1C(=O)CN=C(C23C=CC=CC2O3)c2cc(Cl)ccc21. The highest BCUT2D eigenvalue weighted by Crippen LogP contribution is 2.46. The lowest BCUT2D eigenvalue weighted by Gasteiger charge is -2.19. The van der Waals surface area contributed by atoms with E-state index in [9.17, 15) is 4.79 Å². The third-order valence-corrected chi connectivity index (χ3v) is 4.36. The van der Waals surface area contributed by atoms with Crippen molar-refractivity contribution in [3.05, 3.63) is 53.1 Å². The number of allylic oxidation sites excluding steroid dienone is 2. The minimum atomic E-state index is -0.542. The maximum atomic E-state index is 12.1. The van der Waals surface area contributed by atoms with Gasteiger partial charge in [-0.05, 0) is 24.3 Å². The molecule has 21 heavy (non-hydrogen) atoms. The molecule has 0 radical (unpaired) electrons. The highest BCUT2D eigenvalue weighted by molar-refractivity contribution is 6.31. The predicted octanol–water partition coefficient (Wildman–Crippen LogP) is 2.37. The van der Waals surface area contributed by atoms with Gasteiger partial charge in [0, 0.05) is 17.6 Å². The zero-order valence-electron chi connectivity index (χ0n) is 11.4. The van der Waals surface area contributed by atoms with Crippen molar-refractivity contribution < 1.29 is 9.53 Å². The molecule has 0 N–H and O–H groups in total. The van der Waals surface area contributed by atoms with Gasteiger partial charge in [0.2, 0.25) is 5.91 Å². The smallest absolute Gasteiger partial charge is 0.248 e. The molecule has 2 aliphatic heterocycles. The molecule has 0 aromatic heterocycles. The zero-order chi connectivity index (χ0) is 14.6. The molecule has 1 saturated heterocycles. The molecule has 0 saturated carbocycles. The van der Waals surface area contributed by atoms with E-state index in [2.05, 4.69) is 4.99 Å². The number of hydrogen-bond donors (Lipinski definition) is 0. The molecule has 1 aromatic carbocycles. The van der Waals surface area contributed by atoms with E-state index in [0.717, 1.165) is 17.0 Å². The topological polar surface area (TPSA) is 45.2 Å². The molecule has 4 nitrogen and oxygen atoms in total. The molecule has 2 atom stereocenters. The summed E-state index contributed by atoms with van der Waals surface area (Å²) in [6.07, 6.45) is 7.91. The Balaban J connectivity index is 1.90. The molecule has 4 rings (SSSR count). The van der Waals surface area contributed by atoms with Crippen LogP contribution in [0.4, 0.5) is 5.69 Å². The van der Waals surface area contributed by atoms with Crippen molar-refractivity contribution in [1.82, 2.24) is 0 Å². The third-order valence-electron chi connectivity index (χ3n) is 4.12. The molecular weight excluding hydrogens is 288 g/mol. The van der Waals surface area contributed by atoms with E-state index in [1.165, 1.54) is 0 Å². The number of halogens is 1. The molecule has 1 amide bonds. The molecule has 1 fully saturated rings. The van der Waals surface area contributed by atoms with Gasteiger partial charge in [0.25, 0.3) is 0 Å². The first kappa shape index (κ1) is 12.8. The number of likely N-dealkylation sites (N-methyl/N-ethyl adjacent to an activating group) is 1. The van der Waals surface area contributed by atoms with Gasteiger partial charge >= 0.3 is 0 Å². The lowest BCUT2D eigenvalue weighted by Crippen LogP contribution is -2.28. The van der Waals surface area contributed by atoms with E-state index in [-0.39, 0.29) is 18.6 Å². The molecule has 0 spiro atoms. The monoisotopic (exact) mass is 300 g/mol. The third kappa shape index (κ3) is 1.79. The summed E-state index contributed by atoms with van der Waals surface area (Å²) in [7, 11) is 1.76. The van der Waals surface area contributed by atoms with Gasteiger partial charge in [-0.25, -0.2) is 0 Å². The van der Waals surface area contributed by atoms with Gasteiger partial charge in [-0.1, -0.05) is 29.8 Å². The van der Waals surface area contributed by atoms with Crippen LogP contribution in [0.3, 0.4) is 0 Å². The van der Waals surface area contributed by atoms with Crippen LogP contribution in [0.1, 0.15) is 5.56 Å². The van der Waals surface area contributed by atoms with Crippen LogP contribution in [0.5, 0.6) is 0 Å². The molecule has 3 aliphatic rings. The number of hydrogen-bond acceptors (Lipinski definition) is 3. The maximum Gasteiger partial charge on any atom is 0.248 e. The normalized spacial score (nSPS) is 29.6. The van der Waals surface area contributed by atoms with E-state index >= 15 is 0 Å². The number of amides is 1. The van der Waals surface area contributed by atoms with E-state index in [1.807, 2.05) is 36.4 Å². The number of epoxide rings is 1. The maximum absolute atomic E-state index is 12.1. The molecule has 106 valence electrons. The van der Waals surface area contributed by atoms with Crippen molar-refractivity contribution >= 4 is 28.9 Å². The van der Waals surface area contributed by atoms with E-state index < -0.39 is 5.60 Å². The minimum absolute atomic E-state index is 0.00779. The minimum Gasteiger partial charge on any atom is -0.350 e. The number of carbonyl (C=O) groups is 1. The fourth-order valence-electron chi connectivity index (χ4n) is 2.92. The van der Waals surface area contributed by atoms with Crippen LogP contribution in [-0.4, -0.2) is 36.9 Å². The van der Waals surface area contributed by atoms with Crippen molar-refractivity contribution in [2.24, 2.45) is 4.99 Å². The summed E-state index contributed by atoms with van der Waals surface area (Å²) in [6.45, 7) is 0.119. The van der Waals surface area contributed by atoms with Gasteiger partial charge in [0.05, 0.1) is 11.4 Å². The summed E-state index contributed by atoms with van der Waals surface area (Å²) in [5, 5.41) is 0.619. The van der Waals surface area contributed by atoms with Crippen molar-refractivity contribution in [2.75, 3.05) is 18.5 Å². The average Bonchev–Trinajstić information content (AvgIpc) is 3.22. The van der Waals surface area contributed by atoms with Crippen LogP contribution < -0.4 is 4.90 Å². The molecule has 5 heteroatoms. The van der Waals surface area contributed by atoms with Crippen LogP contribution in [0, 0.1) is 0 Å². The molecule has 2 heterocycles. The zero-order valence-corrected chi connectivity index (χ0v) is 12.2. The van der Waals surface area contributed by atoms with Crippen molar-refractivity contribution in [3.8, 4) is 0 Å². The van der Waals surface area contributed by atoms with E-state index in [1.54, 1.807) is 18.0 Å². The number of aliphatic imine (C=N–C) groups is 1. The first-order chi connectivity index (χ1) is 10.1. The van der Waals surface area contributed by atoms with Crippen LogP contribution in [0.2, 0.25) is 5.02 Å². The Labute approximate surface area is 127 Å². The summed E-state index contributed by atoms with van der Waals surface area (Å²) in [6, 6.07) is 5.49. The van der Waals surface area contributed by atoms with E-state index in [4.69, 9.17) is 16.3 Å². The Bertz CT molecular complexity index is 738. The van der Waals surface area contributed by atoms with Crippen LogP contribution >= 0.6 is 11.6 Å². The predicted molar refractivity (Wildman–Crippen MR) is 82.2 cm³/mol. The van der Waals surface area contributed by atoms with Gasteiger partial charge in [-0.2, -0.15) is 0 Å². The van der Waals surface area contributed by atoms with Gasteiger partial charge < -0.3 is 9.64 Å². The molecule has 0 bridgehead atoms. The highest BCUT2D eigenvalue weighted by atomic mass is 35.5. The number of ether oxygens (including phenoxy) is 1. The summed E-state index contributed by atoms with van der Waals surface area (Å²) in [4.78, 5) is 18.3. The number of carbonyl (C=O) groups excluding carboxylic acids is 1. The van der Waals surface area contributed by atoms with Crippen LogP contribution in [0.15, 0.2) is 47.5 Å². The van der Waals surface area contributed by atoms with Gasteiger partial charge in [-0.15, -0.1) is 0 Å². The number of benzene rings is 1. The number of rotatable bonds is 1. The second kappa shape index (κ2) is 4.29. The molecule has 2 unspecified atom stereocenters. The number of benzodiazepines with no additional fused rings is 1. The summed E-state index contributed by atoms with van der Waals surface area (Å²) in [5.74, 6) is -0.0440. The molecule has 1 aromatic rings. The standard InChI is InChI=1S/C16H13ClN2O2/c1-19-12-6-5-10(17)8-11(12)15(18-9-14(19)20)16-7-3-2-4-13(16)21-16/h2-8,13H,9H2,1H3. The van der Waals surface area contributed by atoms with Gasteiger partial charge in [0.1, 0.15) is 12.6 Å². The van der Waals surface area contributed by atoms with Gasteiger partial charge in [-0.3, -0.25) is 9.79 Å². The van der Waals surface area contributed by atoms with Crippen molar-refractivity contribution in [2.45, 2.75) is 11.7 Å². The van der Waals surface area contributed by atoms with Crippen LogP contribution in [-0.2, 0) is 9.53 Å². The first-order valence-corrected chi connectivity index (χ1v) is 7.15. The Hall–Kier alpha value is -1.91. The molecule has 1 aliphatic carbocycles. The number of nitrogens with zero attached hydrogens (tertiary/aromatic N) is 2. The van der Waals surface area contributed by atoms with Crippen molar-refractivity contribution in [3.63, 3.8) is 0 Å². The van der Waals surface area contributed by atoms with E-state index in [0.29, 0.717) is 5.02 Å². The van der Waals surface area contributed by atoms with Crippen molar-refractivity contribution in [1.29, 1.82) is 0 Å². The lowest BCUT2D eigenvalue weighted by molar-refractivity contribution is -0.116. The van der Waals surface area contributed by atoms with Gasteiger partial charge in [0.15, 0.2) is 5.60 Å². The highest BCUT2D eigenvalue weighted by Gasteiger charge is 2.58. The number of fused-ring (bicyclic) bond motifs is 2. The largest absolute Gasteiger partial charge is 0.350 e. The first-order valence-electron chi connectivity index (χ1n) is 6.77. The molecular formula is C16H13ClN2O2. The Kier molecular flexibility index (Phi) is 2.62. The lowest BCUT2D eigenvalue weighted by atomic mass is 9.89. The van der Waals surface area contributed by atoms with Crippen LogP contribution in [0.25, 0.3) is 0 Å².